The minimum absolute atomic E-state index is 0.228. The number of aromatic nitrogens is 5. The smallest absolute Gasteiger partial charge is 0.333 e. The number of amides is 1. The number of hydrogen-bond donors (Lipinski definition) is 1. The van der Waals surface area contributed by atoms with Gasteiger partial charge in [0.05, 0.1) is 5.56 Å². The van der Waals surface area contributed by atoms with E-state index in [9.17, 15) is 9.59 Å². The van der Waals surface area contributed by atoms with Crippen molar-refractivity contribution in [1.82, 2.24) is 24.3 Å². The summed E-state index contributed by atoms with van der Waals surface area (Å²) in [5.41, 5.74) is 4.13. The summed E-state index contributed by atoms with van der Waals surface area (Å²) in [6.45, 7) is 3.82. The Labute approximate surface area is 194 Å². The lowest BCUT2D eigenvalue weighted by Crippen LogP contribution is -2.28. The van der Waals surface area contributed by atoms with Crippen molar-refractivity contribution < 1.29 is 9.32 Å². The molecule has 0 atom stereocenters. The Morgan fingerprint density at radius 3 is 2.68 bits per heavy atom. The second-order valence-corrected chi connectivity index (χ2v) is 7.95. The summed E-state index contributed by atoms with van der Waals surface area (Å²) in [6, 6.07) is 18.8. The molecule has 9 heteroatoms. The van der Waals surface area contributed by atoms with Crippen molar-refractivity contribution >= 4 is 17.2 Å². The fourth-order valence-electron chi connectivity index (χ4n) is 3.70. The van der Waals surface area contributed by atoms with E-state index >= 15 is 0 Å². The minimum Gasteiger partial charge on any atom is -0.333 e. The first kappa shape index (κ1) is 21.3. The van der Waals surface area contributed by atoms with Crippen LogP contribution >= 0.6 is 0 Å². The molecule has 0 aliphatic rings. The molecule has 0 bridgehead atoms. The maximum absolute atomic E-state index is 12.9. The second kappa shape index (κ2) is 8.78. The van der Waals surface area contributed by atoms with Crippen LogP contribution in [0.2, 0.25) is 0 Å². The van der Waals surface area contributed by atoms with Crippen LogP contribution in [0.4, 0.5) is 5.69 Å². The predicted octanol–water partition coefficient (Wildman–Crippen LogP) is 3.72. The van der Waals surface area contributed by atoms with E-state index in [2.05, 4.69) is 27.5 Å². The monoisotopic (exact) mass is 454 g/mol. The van der Waals surface area contributed by atoms with Crippen LogP contribution in [0.15, 0.2) is 76.2 Å². The number of nitrogens with one attached hydrogen (secondary N) is 1. The Kier molecular flexibility index (Phi) is 5.51. The molecular weight excluding hydrogens is 432 g/mol. The van der Waals surface area contributed by atoms with Gasteiger partial charge in [0, 0.05) is 17.4 Å². The lowest BCUT2D eigenvalue weighted by molar-refractivity contribution is -0.117. The molecule has 0 saturated carbocycles. The zero-order valence-electron chi connectivity index (χ0n) is 18.7. The van der Waals surface area contributed by atoms with E-state index in [-0.39, 0.29) is 18.3 Å². The van der Waals surface area contributed by atoms with Crippen molar-refractivity contribution in [2.75, 3.05) is 5.32 Å². The third kappa shape index (κ3) is 4.11. The molecule has 2 aromatic carbocycles. The minimum atomic E-state index is -0.438. The van der Waals surface area contributed by atoms with E-state index in [1.54, 1.807) is 18.3 Å². The van der Waals surface area contributed by atoms with E-state index in [1.165, 1.54) is 9.96 Å². The van der Waals surface area contributed by atoms with Crippen LogP contribution in [0.25, 0.3) is 28.5 Å². The lowest BCUT2D eigenvalue weighted by Gasteiger charge is -2.05. The first-order valence-electron chi connectivity index (χ1n) is 10.9. The highest BCUT2D eigenvalue weighted by molar-refractivity contribution is 5.90. The molecule has 34 heavy (non-hydrogen) atoms. The summed E-state index contributed by atoms with van der Waals surface area (Å²) in [5, 5.41) is 11.2. The molecule has 3 heterocycles. The van der Waals surface area contributed by atoms with E-state index in [4.69, 9.17) is 4.52 Å². The molecule has 0 fully saturated rings. The fourth-order valence-corrected chi connectivity index (χ4v) is 3.70. The van der Waals surface area contributed by atoms with Crippen molar-refractivity contribution in [1.29, 1.82) is 0 Å². The van der Waals surface area contributed by atoms with Crippen molar-refractivity contribution in [2.45, 2.75) is 26.8 Å². The first-order chi connectivity index (χ1) is 16.5. The summed E-state index contributed by atoms with van der Waals surface area (Å²) in [4.78, 5) is 29.9. The van der Waals surface area contributed by atoms with Gasteiger partial charge in [0.25, 0.3) is 5.89 Å². The van der Waals surface area contributed by atoms with Gasteiger partial charge in [0.1, 0.15) is 6.54 Å². The van der Waals surface area contributed by atoms with Gasteiger partial charge in [0.15, 0.2) is 5.65 Å². The van der Waals surface area contributed by atoms with Gasteiger partial charge in [-0.25, -0.2) is 13.9 Å². The van der Waals surface area contributed by atoms with Crippen LogP contribution < -0.4 is 11.0 Å². The Hall–Kier alpha value is -4.53. The number of nitrogens with zero attached hydrogens (tertiary/aromatic N) is 5. The Morgan fingerprint density at radius 1 is 1.09 bits per heavy atom. The molecule has 1 N–H and O–H groups in total. The van der Waals surface area contributed by atoms with Gasteiger partial charge in [-0.2, -0.15) is 4.98 Å². The largest absolute Gasteiger partial charge is 0.350 e. The molecule has 3 aromatic heterocycles. The summed E-state index contributed by atoms with van der Waals surface area (Å²) in [6.07, 6.45) is 2.50. The summed E-state index contributed by atoms with van der Waals surface area (Å²) in [7, 11) is 0. The van der Waals surface area contributed by atoms with E-state index in [0.717, 1.165) is 22.2 Å². The van der Waals surface area contributed by atoms with Crippen molar-refractivity contribution in [3.8, 4) is 22.8 Å². The van der Waals surface area contributed by atoms with Crippen LogP contribution in [0.5, 0.6) is 0 Å². The van der Waals surface area contributed by atoms with E-state index in [0.29, 0.717) is 22.7 Å². The molecule has 5 aromatic rings. The van der Waals surface area contributed by atoms with Gasteiger partial charge >= 0.3 is 5.69 Å². The van der Waals surface area contributed by atoms with Gasteiger partial charge in [-0.05, 0) is 49.2 Å². The quantitative estimate of drug-likeness (QED) is 0.419. The van der Waals surface area contributed by atoms with Crippen molar-refractivity contribution in [3.05, 3.63) is 88.5 Å². The highest BCUT2D eigenvalue weighted by Crippen LogP contribution is 2.25. The first-order valence-corrected chi connectivity index (χ1v) is 10.9. The lowest BCUT2D eigenvalue weighted by atomic mass is 10.1. The topological polar surface area (TPSA) is 107 Å². The molecule has 1 amide bonds. The van der Waals surface area contributed by atoms with Crippen LogP contribution in [-0.4, -0.2) is 30.2 Å². The Bertz CT molecular complexity index is 1550. The van der Waals surface area contributed by atoms with E-state index in [1.807, 2.05) is 55.5 Å². The summed E-state index contributed by atoms with van der Waals surface area (Å²) in [5.74, 6) is 0.325. The molecule has 0 spiro atoms. The molecule has 9 nitrogen and oxygen atoms in total. The van der Waals surface area contributed by atoms with Crippen LogP contribution in [0, 0.1) is 6.92 Å². The fraction of sp³-hybridized carbons (Fsp3) is 0.160. The zero-order chi connectivity index (χ0) is 23.7. The number of aryl methyl sites for hydroxylation is 2. The molecule has 0 aliphatic carbocycles. The number of benzene rings is 2. The average Bonchev–Trinajstić information content (AvgIpc) is 3.45. The van der Waals surface area contributed by atoms with Crippen LogP contribution in [0.3, 0.4) is 0 Å². The Balaban J connectivity index is 1.42. The van der Waals surface area contributed by atoms with E-state index < -0.39 is 5.69 Å². The zero-order valence-corrected chi connectivity index (χ0v) is 18.7. The molecule has 5 rings (SSSR count). The van der Waals surface area contributed by atoms with Crippen molar-refractivity contribution in [3.63, 3.8) is 0 Å². The molecule has 0 aliphatic heterocycles. The molecule has 0 saturated heterocycles. The molecular formula is C25H22N6O3. The number of hydrogen-bond acceptors (Lipinski definition) is 6. The molecule has 0 unspecified atom stereocenters. The second-order valence-electron chi connectivity index (χ2n) is 7.95. The Morgan fingerprint density at radius 2 is 1.91 bits per heavy atom. The molecule has 0 radical (unpaired) electrons. The summed E-state index contributed by atoms with van der Waals surface area (Å²) >= 11 is 0. The third-order valence-corrected chi connectivity index (χ3v) is 5.48. The van der Waals surface area contributed by atoms with Crippen LogP contribution in [-0.2, 0) is 17.8 Å². The molecule has 170 valence electrons. The average molecular weight is 454 g/mol. The van der Waals surface area contributed by atoms with Gasteiger partial charge in [-0.15, -0.1) is 5.10 Å². The normalized spacial score (nSPS) is 11.1. The highest BCUT2D eigenvalue weighted by atomic mass is 16.5. The summed E-state index contributed by atoms with van der Waals surface area (Å²) < 4.78 is 7.95. The number of fused-ring (bicyclic) bond motifs is 1. The van der Waals surface area contributed by atoms with Crippen LogP contribution in [0.1, 0.15) is 18.1 Å². The third-order valence-electron chi connectivity index (χ3n) is 5.48. The number of rotatable bonds is 6. The van der Waals surface area contributed by atoms with Gasteiger partial charge in [-0.3, -0.25) is 4.79 Å². The number of carbonyl (C=O) groups is 1. The van der Waals surface area contributed by atoms with Gasteiger partial charge < -0.3 is 9.84 Å². The SMILES string of the molecule is CCc1ccc(NC(=O)Cn2nc3c(-c4nc(-c5cccc(C)c5)no4)cccn3c2=O)cc1. The predicted molar refractivity (Wildman–Crippen MR) is 127 cm³/mol. The standard InChI is InChI=1S/C25H22N6O3/c1-3-17-9-11-19(12-10-17)26-21(32)15-31-25(33)30-13-5-8-20(23(30)28-31)24-27-22(29-34-24)18-7-4-6-16(2)14-18/h4-14H,3,15H2,1-2H3,(H,26,32). The number of pyridine rings is 1. The van der Waals surface area contributed by atoms with Gasteiger partial charge in [-0.1, -0.05) is 48.0 Å². The number of anilines is 1. The van der Waals surface area contributed by atoms with Gasteiger partial charge in [0.2, 0.25) is 11.7 Å². The maximum atomic E-state index is 12.9. The maximum Gasteiger partial charge on any atom is 0.350 e. The number of carbonyl (C=O) groups excluding carboxylic acids is 1. The van der Waals surface area contributed by atoms with Crippen molar-refractivity contribution in [2.24, 2.45) is 0 Å². The highest BCUT2D eigenvalue weighted by Gasteiger charge is 2.18.